The second-order valence-electron chi connectivity index (χ2n) is 5.15. The first-order valence-electron chi connectivity index (χ1n) is 6.28. The van der Waals surface area contributed by atoms with E-state index in [0.717, 1.165) is 23.4 Å². The van der Waals surface area contributed by atoms with Crippen molar-refractivity contribution >= 4 is 11.6 Å². The van der Waals surface area contributed by atoms with Crippen LogP contribution in [0.25, 0.3) is 0 Å². The summed E-state index contributed by atoms with van der Waals surface area (Å²) in [5, 5.41) is 0.784. The smallest absolute Gasteiger partial charge is 0.0456 e. The lowest BCUT2D eigenvalue weighted by atomic mass is 9.63. The molecule has 0 aliphatic heterocycles. The summed E-state index contributed by atoms with van der Waals surface area (Å²) in [6.45, 7) is 0. The van der Waals surface area contributed by atoms with Gasteiger partial charge in [-0.05, 0) is 36.0 Å². The van der Waals surface area contributed by atoms with Crippen molar-refractivity contribution in [2.24, 2.45) is 5.73 Å². The van der Waals surface area contributed by atoms with Gasteiger partial charge in [0.05, 0.1) is 0 Å². The van der Waals surface area contributed by atoms with Crippen molar-refractivity contribution in [3.8, 4) is 0 Å². The van der Waals surface area contributed by atoms with Crippen LogP contribution in [0.2, 0.25) is 5.02 Å². The number of halogens is 1. The molecule has 0 amide bonds. The molecule has 2 aromatic carbocycles. The number of rotatable bonds is 2. The van der Waals surface area contributed by atoms with Crippen molar-refractivity contribution < 1.29 is 0 Å². The summed E-state index contributed by atoms with van der Waals surface area (Å²) in [6, 6.07) is 18.5. The van der Waals surface area contributed by atoms with Crippen molar-refractivity contribution in [1.82, 2.24) is 0 Å². The Morgan fingerprint density at radius 3 is 2.22 bits per heavy atom. The van der Waals surface area contributed by atoms with Crippen LogP contribution < -0.4 is 5.73 Å². The van der Waals surface area contributed by atoms with E-state index >= 15 is 0 Å². The Bertz CT molecular complexity index is 544. The maximum Gasteiger partial charge on any atom is 0.0456 e. The Labute approximate surface area is 113 Å². The monoisotopic (exact) mass is 257 g/mol. The molecular formula is C16H16ClN. The van der Waals surface area contributed by atoms with Crippen LogP contribution >= 0.6 is 11.6 Å². The molecule has 1 aliphatic carbocycles. The molecule has 0 saturated heterocycles. The summed E-state index contributed by atoms with van der Waals surface area (Å²) in [5.74, 6) is 0.562. The SMILES string of the molecule is NC1(c2ccccc2Cl)CC(c2ccccc2)C1. The van der Waals surface area contributed by atoms with Crippen LogP contribution in [0.4, 0.5) is 0 Å². The van der Waals surface area contributed by atoms with Crippen molar-refractivity contribution in [3.05, 3.63) is 70.7 Å². The minimum absolute atomic E-state index is 0.251. The third-order valence-corrected chi connectivity index (χ3v) is 4.23. The van der Waals surface area contributed by atoms with Crippen LogP contribution in [0.5, 0.6) is 0 Å². The highest BCUT2D eigenvalue weighted by atomic mass is 35.5. The lowest BCUT2D eigenvalue weighted by Crippen LogP contribution is -2.48. The maximum absolute atomic E-state index is 6.47. The van der Waals surface area contributed by atoms with Gasteiger partial charge >= 0.3 is 0 Å². The average Bonchev–Trinajstić information content (AvgIpc) is 2.37. The average molecular weight is 258 g/mol. The van der Waals surface area contributed by atoms with Gasteiger partial charge in [-0.15, -0.1) is 0 Å². The zero-order valence-corrected chi connectivity index (χ0v) is 10.9. The summed E-state index contributed by atoms with van der Waals surface area (Å²) in [6.07, 6.45) is 1.95. The summed E-state index contributed by atoms with van der Waals surface area (Å²) in [5.41, 5.74) is 8.68. The molecule has 0 heterocycles. The minimum atomic E-state index is -0.251. The Balaban J connectivity index is 1.80. The number of nitrogens with two attached hydrogens (primary N) is 1. The van der Waals surface area contributed by atoms with Crippen molar-refractivity contribution in [3.63, 3.8) is 0 Å². The zero-order valence-electron chi connectivity index (χ0n) is 10.1. The zero-order chi connectivity index (χ0) is 12.6. The minimum Gasteiger partial charge on any atom is -0.321 e. The molecule has 0 aromatic heterocycles. The molecule has 2 aromatic rings. The topological polar surface area (TPSA) is 26.0 Å². The molecular weight excluding hydrogens is 242 g/mol. The molecule has 0 radical (unpaired) electrons. The standard InChI is InChI=1S/C16H16ClN/c17-15-9-5-4-8-14(15)16(18)10-13(11-16)12-6-2-1-3-7-12/h1-9,13H,10-11,18H2. The molecule has 1 aliphatic rings. The highest BCUT2D eigenvalue weighted by Gasteiger charge is 2.43. The van der Waals surface area contributed by atoms with E-state index in [1.807, 2.05) is 30.3 Å². The van der Waals surface area contributed by atoms with E-state index < -0.39 is 0 Å². The predicted molar refractivity (Wildman–Crippen MR) is 75.7 cm³/mol. The first-order valence-corrected chi connectivity index (χ1v) is 6.66. The van der Waals surface area contributed by atoms with Crippen LogP contribution in [0.1, 0.15) is 29.9 Å². The second-order valence-corrected chi connectivity index (χ2v) is 5.56. The van der Waals surface area contributed by atoms with Gasteiger partial charge in [0.2, 0.25) is 0 Å². The summed E-state index contributed by atoms with van der Waals surface area (Å²) in [4.78, 5) is 0. The molecule has 18 heavy (non-hydrogen) atoms. The summed E-state index contributed by atoms with van der Waals surface area (Å²) < 4.78 is 0. The van der Waals surface area contributed by atoms with Crippen LogP contribution in [0.3, 0.4) is 0 Å². The van der Waals surface area contributed by atoms with Gasteiger partial charge in [0.1, 0.15) is 0 Å². The lowest BCUT2D eigenvalue weighted by molar-refractivity contribution is 0.209. The van der Waals surface area contributed by atoms with E-state index in [9.17, 15) is 0 Å². The predicted octanol–water partition coefficient (Wildman–Crippen LogP) is 4.07. The van der Waals surface area contributed by atoms with Gasteiger partial charge in [-0.25, -0.2) is 0 Å². The fourth-order valence-electron chi connectivity index (χ4n) is 2.87. The molecule has 0 unspecified atom stereocenters. The van der Waals surface area contributed by atoms with Gasteiger partial charge in [0, 0.05) is 10.6 Å². The Kier molecular flexibility index (Phi) is 2.89. The fourth-order valence-corrected chi connectivity index (χ4v) is 3.19. The molecule has 1 fully saturated rings. The number of benzene rings is 2. The molecule has 3 rings (SSSR count). The lowest BCUT2D eigenvalue weighted by Gasteiger charge is -2.46. The van der Waals surface area contributed by atoms with Crippen LogP contribution in [-0.4, -0.2) is 0 Å². The quantitative estimate of drug-likeness (QED) is 0.862. The number of hydrogen-bond donors (Lipinski definition) is 1. The summed E-state index contributed by atoms with van der Waals surface area (Å²) >= 11 is 6.24. The molecule has 1 saturated carbocycles. The largest absolute Gasteiger partial charge is 0.321 e. The Morgan fingerprint density at radius 2 is 1.56 bits per heavy atom. The molecule has 92 valence electrons. The molecule has 0 spiro atoms. The molecule has 0 atom stereocenters. The summed E-state index contributed by atoms with van der Waals surface area (Å²) in [7, 11) is 0. The van der Waals surface area contributed by atoms with Crippen molar-refractivity contribution in [2.45, 2.75) is 24.3 Å². The van der Waals surface area contributed by atoms with Gasteiger partial charge in [-0.2, -0.15) is 0 Å². The van der Waals surface area contributed by atoms with E-state index in [2.05, 4.69) is 24.3 Å². The van der Waals surface area contributed by atoms with E-state index in [4.69, 9.17) is 17.3 Å². The normalized spacial score (nSPS) is 26.7. The van der Waals surface area contributed by atoms with Crippen LogP contribution in [0.15, 0.2) is 54.6 Å². The van der Waals surface area contributed by atoms with Crippen molar-refractivity contribution in [1.29, 1.82) is 0 Å². The third-order valence-electron chi connectivity index (χ3n) is 3.90. The highest BCUT2D eigenvalue weighted by Crippen LogP contribution is 2.50. The Morgan fingerprint density at radius 1 is 0.944 bits per heavy atom. The van der Waals surface area contributed by atoms with Crippen LogP contribution in [-0.2, 0) is 5.54 Å². The third kappa shape index (κ3) is 1.94. The van der Waals surface area contributed by atoms with E-state index in [0.29, 0.717) is 5.92 Å². The highest BCUT2D eigenvalue weighted by molar-refractivity contribution is 6.31. The van der Waals surface area contributed by atoms with Gasteiger partial charge in [-0.3, -0.25) is 0 Å². The van der Waals surface area contributed by atoms with Crippen molar-refractivity contribution in [2.75, 3.05) is 0 Å². The maximum atomic E-state index is 6.47. The van der Waals surface area contributed by atoms with Gasteiger partial charge in [0.15, 0.2) is 0 Å². The van der Waals surface area contributed by atoms with Gasteiger partial charge < -0.3 is 5.73 Å². The molecule has 2 heteroatoms. The fraction of sp³-hybridized carbons (Fsp3) is 0.250. The number of hydrogen-bond acceptors (Lipinski definition) is 1. The molecule has 1 nitrogen and oxygen atoms in total. The first-order chi connectivity index (χ1) is 8.69. The van der Waals surface area contributed by atoms with E-state index in [1.54, 1.807) is 0 Å². The second kappa shape index (κ2) is 4.42. The molecule has 2 N–H and O–H groups in total. The van der Waals surface area contributed by atoms with Crippen LogP contribution in [0, 0.1) is 0 Å². The first kappa shape index (κ1) is 11.8. The van der Waals surface area contributed by atoms with E-state index in [-0.39, 0.29) is 5.54 Å². The van der Waals surface area contributed by atoms with E-state index in [1.165, 1.54) is 5.56 Å². The van der Waals surface area contributed by atoms with Gasteiger partial charge in [0.25, 0.3) is 0 Å². The molecule has 0 bridgehead atoms. The Hall–Kier alpha value is -1.31. The van der Waals surface area contributed by atoms with Gasteiger partial charge in [-0.1, -0.05) is 60.1 Å².